The zero-order valence-electron chi connectivity index (χ0n) is 16.0. The average molecular weight is 377 g/mol. The molecule has 4 N–H and O–H groups in total. The quantitative estimate of drug-likeness (QED) is 0.432. The maximum Gasteiger partial charge on any atom is 0.407 e. The molecule has 0 aliphatic heterocycles. The summed E-state index contributed by atoms with van der Waals surface area (Å²) >= 11 is 0. The van der Waals surface area contributed by atoms with Crippen LogP contribution in [0, 0.1) is 0 Å². The van der Waals surface area contributed by atoms with E-state index in [0.29, 0.717) is 12.8 Å². The summed E-state index contributed by atoms with van der Waals surface area (Å²) in [6.45, 7) is 5.89. The molecule has 0 unspecified atom stereocenters. The normalized spacial score (nSPS) is 12.3. The van der Waals surface area contributed by atoms with Crippen LogP contribution in [0.1, 0.15) is 44.6 Å². The summed E-state index contributed by atoms with van der Waals surface area (Å²) in [5.41, 5.74) is 4.20. The van der Waals surface area contributed by atoms with E-state index >= 15 is 0 Å². The van der Waals surface area contributed by atoms with Crippen LogP contribution in [0.5, 0.6) is 0 Å². The van der Waals surface area contributed by atoms with Gasteiger partial charge in [0.1, 0.15) is 11.9 Å². The third-order valence-corrected chi connectivity index (χ3v) is 4.09. The Morgan fingerprint density at radius 3 is 2.59 bits per heavy atom. The maximum absolute atomic E-state index is 14.6. The highest BCUT2D eigenvalue weighted by Gasteiger charge is 2.26. The number of unbranched alkanes of at least 4 members (excludes halogenated alkanes) is 3. The van der Waals surface area contributed by atoms with E-state index in [-0.39, 0.29) is 12.2 Å². The summed E-state index contributed by atoms with van der Waals surface area (Å²) in [4.78, 5) is 23.4. The summed E-state index contributed by atoms with van der Waals surface area (Å²) < 4.78 is 19.6. The molecule has 27 heavy (non-hydrogen) atoms. The van der Waals surface area contributed by atoms with Crippen molar-refractivity contribution in [1.82, 2.24) is 5.32 Å². The lowest BCUT2D eigenvalue weighted by molar-refractivity contribution is -0.299. The van der Waals surface area contributed by atoms with Gasteiger partial charge in [-0.2, -0.15) is 0 Å². The van der Waals surface area contributed by atoms with Crippen LogP contribution in [0.2, 0.25) is 0 Å². The number of alkyl carbamates (subject to hydrolysis) is 1. The van der Waals surface area contributed by atoms with Crippen molar-refractivity contribution in [2.45, 2.75) is 51.5 Å². The smallest absolute Gasteiger partial charge is 0.407 e. The molecule has 5 nitrogen and oxygen atoms in total. The number of rotatable bonds is 12. The third kappa shape index (κ3) is 9.15. The van der Waals surface area contributed by atoms with Crippen LogP contribution < -0.4 is 11.1 Å². The lowest BCUT2D eigenvalue weighted by Gasteiger charge is -2.16. The van der Waals surface area contributed by atoms with Crippen molar-refractivity contribution in [2.75, 3.05) is 6.61 Å². The molecule has 0 saturated heterocycles. The second-order valence-corrected chi connectivity index (χ2v) is 6.34. The SMILES string of the molecule is C=C(C([NH3+])=O)[C@@H](NC(=O)OCCCCCC)/C(F)=C/CCc1ccccc1. The Morgan fingerprint density at radius 1 is 1.26 bits per heavy atom. The molecule has 0 saturated carbocycles. The van der Waals surface area contributed by atoms with E-state index in [1.54, 1.807) is 0 Å². The van der Waals surface area contributed by atoms with Gasteiger partial charge in [-0.05, 0) is 24.8 Å². The topological polar surface area (TPSA) is 83.0 Å². The number of hydrogen-bond donors (Lipinski definition) is 2. The molecular formula is C21H30FN2O3+. The van der Waals surface area contributed by atoms with Crippen molar-refractivity contribution in [1.29, 1.82) is 0 Å². The number of allylic oxidation sites excluding steroid dienone is 1. The van der Waals surface area contributed by atoms with Gasteiger partial charge in [-0.15, -0.1) is 0 Å². The monoisotopic (exact) mass is 377 g/mol. The van der Waals surface area contributed by atoms with E-state index in [1.165, 1.54) is 6.08 Å². The van der Waals surface area contributed by atoms with Crippen LogP contribution in [-0.4, -0.2) is 24.6 Å². The Kier molecular flexibility index (Phi) is 10.7. The largest absolute Gasteiger partial charge is 0.450 e. The minimum absolute atomic E-state index is 0.119. The van der Waals surface area contributed by atoms with Gasteiger partial charge in [-0.3, -0.25) is 5.73 Å². The van der Waals surface area contributed by atoms with Crippen molar-refractivity contribution in [3.8, 4) is 0 Å². The standard InChI is InChI=1S/C21H29FN2O3/c1-3-4-5-9-15-27-21(26)24-19(16(2)20(23)25)18(22)14-10-13-17-11-7-6-8-12-17/h6-8,11-12,14,19H,2-5,9-10,13,15H2,1H3,(H2,23,25)(H,24,26)/p+1/b18-14-/t19-/m1/s1. The highest BCUT2D eigenvalue weighted by Crippen LogP contribution is 2.15. The van der Waals surface area contributed by atoms with Gasteiger partial charge in [-0.1, -0.05) is 69.2 Å². The lowest BCUT2D eigenvalue weighted by atomic mass is 10.0. The lowest BCUT2D eigenvalue weighted by Crippen LogP contribution is -2.60. The second kappa shape index (κ2) is 12.8. The summed E-state index contributed by atoms with van der Waals surface area (Å²) in [7, 11) is 0. The van der Waals surface area contributed by atoms with E-state index in [0.717, 1.165) is 31.2 Å². The summed E-state index contributed by atoms with van der Waals surface area (Å²) in [5, 5.41) is 2.37. The molecular weight excluding hydrogens is 347 g/mol. The van der Waals surface area contributed by atoms with Gasteiger partial charge in [0, 0.05) is 0 Å². The van der Waals surface area contributed by atoms with E-state index < -0.39 is 23.9 Å². The van der Waals surface area contributed by atoms with Gasteiger partial charge in [0.05, 0.1) is 12.2 Å². The summed E-state index contributed by atoms with van der Waals surface area (Å²) in [6.07, 6.45) is 5.52. The molecule has 0 radical (unpaired) electrons. The summed E-state index contributed by atoms with van der Waals surface area (Å²) in [6, 6.07) is 8.40. The molecule has 6 heteroatoms. The van der Waals surface area contributed by atoms with Gasteiger partial charge in [0.15, 0.2) is 0 Å². The number of benzene rings is 1. The number of nitrogens with one attached hydrogen (secondary N) is 1. The highest BCUT2D eigenvalue weighted by atomic mass is 19.1. The number of hydrogen-bond acceptors (Lipinski definition) is 3. The van der Waals surface area contributed by atoms with Crippen LogP contribution in [-0.2, 0) is 16.0 Å². The van der Waals surface area contributed by atoms with Crippen molar-refractivity contribution >= 4 is 12.0 Å². The second-order valence-electron chi connectivity index (χ2n) is 6.34. The predicted octanol–water partition coefficient (Wildman–Crippen LogP) is 3.47. The Morgan fingerprint density at radius 2 is 1.96 bits per heavy atom. The van der Waals surface area contributed by atoms with Crippen LogP contribution in [0.25, 0.3) is 0 Å². The van der Waals surface area contributed by atoms with Crippen LogP contribution in [0.3, 0.4) is 0 Å². The number of carbonyl (C=O) groups excluding carboxylic acids is 2. The van der Waals surface area contributed by atoms with Crippen molar-refractivity contribution in [3.63, 3.8) is 0 Å². The maximum atomic E-state index is 14.6. The molecule has 1 rings (SSSR count). The third-order valence-electron chi connectivity index (χ3n) is 4.09. The van der Waals surface area contributed by atoms with Crippen LogP contribution >= 0.6 is 0 Å². The first-order valence-electron chi connectivity index (χ1n) is 9.33. The molecule has 1 aromatic carbocycles. The molecule has 0 bridgehead atoms. The Hall–Kier alpha value is -2.47. The minimum atomic E-state index is -1.26. The van der Waals surface area contributed by atoms with Crippen LogP contribution in [0.4, 0.5) is 9.18 Å². The highest BCUT2D eigenvalue weighted by molar-refractivity contribution is 5.87. The van der Waals surface area contributed by atoms with Gasteiger partial charge in [-0.25, -0.2) is 14.0 Å². The Balaban J connectivity index is 2.61. The predicted molar refractivity (Wildman–Crippen MR) is 103 cm³/mol. The van der Waals surface area contributed by atoms with E-state index in [2.05, 4.69) is 24.6 Å². The number of quaternary nitrogens is 1. The Bertz CT molecular complexity index is 644. The fraction of sp³-hybridized carbons (Fsp3) is 0.429. The molecule has 1 atom stereocenters. The minimum Gasteiger partial charge on any atom is -0.450 e. The van der Waals surface area contributed by atoms with Crippen molar-refractivity contribution < 1.29 is 24.5 Å². The molecule has 0 fully saturated rings. The fourth-order valence-corrected chi connectivity index (χ4v) is 2.48. The molecule has 0 aliphatic carbocycles. The zero-order chi connectivity index (χ0) is 20.1. The molecule has 0 spiro atoms. The zero-order valence-corrected chi connectivity index (χ0v) is 16.0. The van der Waals surface area contributed by atoms with Crippen LogP contribution in [0.15, 0.2) is 54.4 Å². The van der Waals surface area contributed by atoms with Gasteiger partial charge in [0.2, 0.25) is 0 Å². The fourth-order valence-electron chi connectivity index (χ4n) is 2.48. The molecule has 1 aromatic rings. The number of amides is 2. The first kappa shape index (κ1) is 22.6. The van der Waals surface area contributed by atoms with Crippen molar-refractivity contribution in [2.24, 2.45) is 0 Å². The molecule has 2 amide bonds. The number of carbonyl (C=O) groups is 2. The molecule has 0 aliphatic rings. The molecule has 0 aromatic heterocycles. The summed E-state index contributed by atoms with van der Waals surface area (Å²) in [5.74, 6) is -1.27. The van der Waals surface area contributed by atoms with E-state index in [4.69, 9.17) is 4.74 Å². The van der Waals surface area contributed by atoms with E-state index in [9.17, 15) is 14.0 Å². The number of ether oxygens (including phenoxy) is 1. The average Bonchev–Trinajstić information content (AvgIpc) is 2.66. The van der Waals surface area contributed by atoms with E-state index in [1.807, 2.05) is 30.3 Å². The number of halogens is 1. The molecule has 0 heterocycles. The van der Waals surface area contributed by atoms with Crippen molar-refractivity contribution in [3.05, 3.63) is 60.0 Å². The van der Waals surface area contributed by atoms with Gasteiger partial charge < -0.3 is 10.1 Å². The number of aryl methyl sites for hydroxylation is 1. The van der Waals surface area contributed by atoms with Gasteiger partial charge >= 0.3 is 12.0 Å². The Labute approximate surface area is 160 Å². The van der Waals surface area contributed by atoms with Gasteiger partial charge in [0.25, 0.3) is 0 Å². The first-order valence-corrected chi connectivity index (χ1v) is 9.33. The first-order chi connectivity index (χ1) is 13.0. The molecule has 148 valence electrons.